The Balaban J connectivity index is 2.60. The molecule has 1 rings (SSSR count). The van der Waals surface area contributed by atoms with Crippen molar-refractivity contribution in [2.75, 3.05) is 6.61 Å². The molecule has 0 spiro atoms. The van der Waals surface area contributed by atoms with Crippen LogP contribution in [0.1, 0.15) is 6.92 Å². The summed E-state index contributed by atoms with van der Waals surface area (Å²) >= 11 is 0. The van der Waals surface area contributed by atoms with Gasteiger partial charge in [-0.1, -0.05) is 0 Å². The number of ether oxygens (including phenoxy) is 1. The van der Waals surface area contributed by atoms with Crippen LogP contribution in [0.2, 0.25) is 0 Å². The van der Waals surface area contributed by atoms with Gasteiger partial charge in [-0.2, -0.15) is 0 Å². The Labute approximate surface area is 90.9 Å². The lowest BCUT2D eigenvalue weighted by molar-refractivity contribution is -0.404. The zero-order valence-corrected chi connectivity index (χ0v) is 8.52. The van der Waals surface area contributed by atoms with Crippen molar-refractivity contribution in [2.45, 2.75) is 37.6 Å². The molecule has 0 aromatic rings. The monoisotopic (exact) mass is 238 g/mol. The zero-order valence-electron chi connectivity index (χ0n) is 8.52. The predicted molar refractivity (Wildman–Crippen MR) is 46.6 cm³/mol. The molecule has 0 bridgehead atoms. The highest BCUT2D eigenvalue weighted by atomic mass is 17.2. The molecule has 0 amide bonds. The molecule has 1 heterocycles. The molecular formula is C8H14O8. The second-order valence-corrected chi connectivity index (χ2v) is 3.37. The largest absolute Gasteiger partial charge is 0.394 e. The zero-order chi connectivity index (χ0) is 12.3. The molecule has 4 N–H and O–H groups in total. The molecule has 0 aromatic heterocycles. The SMILES string of the molecule is CC(=O)OOC1OC(CO)C(O)C(O)C1O. The molecule has 1 aliphatic rings. The van der Waals surface area contributed by atoms with Crippen LogP contribution >= 0.6 is 0 Å². The summed E-state index contributed by atoms with van der Waals surface area (Å²) in [6.07, 6.45) is -7.18. The topological polar surface area (TPSA) is 126 Å². The first-order valence-electron chi connectivity index (χ1n) is 4.61. The second kappa shape index (κ2) is 5.53. The highest BCUT2D eigenvalue weighted by Gasteiger charge is 2.45. The van der Waals surface area contributed by atoms with Gasteiger partial charge in [-0.25, -0.2) is 4.79 Å². The van der Waals surface area contributed by atoms with Gasteiger partial charge in [-0.15, -0.1) is 4.89 Å². The Kier molecular flexibility index (Phi) is 4.59. The predicted octanol–water partition coefficient (Wildman–Crippen LogP) is -2.72. The van der Waals surface area contributed by atoms with Crippen molar-refractivity contribution in [1.29, 1.82) is 0 Å². The van der Waals surface area contributed by atoms with Gasteiger partial charge in [0, 0.05) is 6.92 Å². The van der Waals surface area contributed by atoms with Gasteiger partial charge in [0.2, 0.25) is 6.29 Å². The number of carbonyl (C=O) groups excluding carboxylic acids is 1. The summed E-state index contributed by atoms with van der Waals surface area (Å²) in [6, 6.07) is 0. The van der Waals surface area contributed by atoms with Crippen LogP contribution in [0.15, 0.2) is 0 Å². The fourth-order valence-electron chi connectivity index (χ4n) is 1.26. The van der Waals surface area contributed by atoms with E-state index in [1.165, 1.54) is 0 Å². The molecule has 0 radical (unpaired) electrons. The molecule has 8 heteroatoms. The van der Waals surface area contributed by atoms with Crippen LogP contribution in [-0.2, 0) is 19.3 Å². The van der Waals surface area contributed by atoms with Gasteiger partial charge in [-0.3, -0.25) is 4.89 Å². The van der Waals surface area contributed by atoms with E-state index in [2.05, 4.69) is 9.78 Å². The van der Waals surface area contributed by atoms with Gasteiger partial charge in [0.15, 0.2) is 0 Å². The average Bonchev–Trinajstić information content (AvgIpc) is 2.25. The minimum atomic E-state index is -1.59. The second-order valence-electron chi connectivity index (χ2n) is 3.37. The van der Waals surface area contributed by atoms with E-state index >= 15 is 0 Å². The maximum Gasteiger partial charge on any atom is 0.339 e. The lowest BCUT2D eigenvalue weighted by Crippen LogP contribution is -2.59. The average molecular weight is 238 g/mol. The van der Waals surface area contributed by atoms with E-state index in [0.717, 1.165) is 6.92 Å². The molecule has 94 valence electrons. The molecule has 0 saturated carbocycles. The highest BCUT2D eigenvalue weighted by Crippen LogP contribution is 2.21. The summed E-state index contributed by atoms with van der Waals surface area (Å²) < 4.78 is 4.87. The third-order valence-electron chi connectivity index (χ3n) is 2.11. The summed E-state index contributed by atoms with van der Waals surface area (Å²) in [4.78, 5) is 19.0. The molecule has 1 fully saturated rings. The molecular weight excluding hydrogens is 224 g/mol. The Bertz CT molecular complexity index is 242. The standard InChI is InChI=1S/C8H14O8/c1-3(10)15-16-8-7(13)6(12)5(11)4(2-9)14-8/h4-9,11-13H,2H2,1H3. The van der Waals surface area contributed by atoms with Gasteiger partial charge < -0.3 is 25.2 Å². The van der Waals surface area contributed by atoms with Gasteiger partial charge in [-0.05, 0) is 0 Å². The molecule has 5 atom stereocenters. The molecule has 0 aromatic carbocycles. The Morgan fingerprint density at radius 1 is 1.25 bits per heavy atom. The summed E-state index contributed by atoms with van der Waals surface area (Å²) in [7, 11) is 0. The number of rotatable bonds is 3. The lowest BCUT2D eigenvalue weighted by Gasteiger charge is -2.38. The quantitative estimate of drug-likeness (QED) is 0.308. The smallest absolute Gasteiger partial charge is 0.339 e. The van der Waals surface area contributed by atoms with E-state index in [0.29, 0.717) is 0 Å². The number of aliphatic hydroxyl groups excluding tert-OH is 4. The van der Waals surface area contributed by atoms with Crippen molar-refractivity contribution >= 4 is 5.97 Å². The highest BCUT2D eigenvalue weighted by molar-refractivity contribution is 5.65. The Morgan fingerprint density at radius 2 is 1.88 bits per heavy atom. The molecule has 5 unspecified atom stereocenters. The first-order valence-corrected chi connectivity index (χ1v) is 4.61. The van der Waals surface area contributed by atoms with E-state index in [9.17, 15) is 20.1 Å². The fourth-order valence-corrected chi connectivity index (χ4v) is 1.26. The van der Waals surface area contributed by atoms with E-state index in [4.69, 9.17) is 9.84 Å². The van der Waals surface area contributed by atoms with Crippen LogP contribution in [-0.4, -0.2) is 63.7 Å². The van der Waals surface area contributed by atoms with Crippen LogP contribution in [0.5, 0.6) is 0 Å². The van der Waals surface area contributed by atoms with Crippen LogP contribution in [0.3, 0.4) is 0 Å². The number of hydrogen-bond donors (Lipinski definition) is 4. The van der Waals surface area contributed by atoms with E-state index in [1.54, 1.807) is 0 Å². The van der Waals surface area contributed by atoms with Crippen molar-refractivity contribution in [2.24, 2.45) is 0 Å². The minimum Gasteiger partial charge on any atom is -0.394 e. The third kappa shape index (κ3) is 2.88. The van der Waals surface area contributed by atoms with Crippen LogP contribution in [0.25, 0.3) is 0 Å². The Morgan fingerprint density at radius 3 is 2.38 bits per heavy atom. The molecule has 0 aliphatic carbocycles. The van der Waals surface area contributed by atoms with Gasteiger partial charge in [0.1, 0.15) is 24.4 Å². The first kappa shape index (κ1) is 13.3. The number of aliphatic hydroxyl groups is 4. The van der Waals surface area contributed by atoms with E-state index in [-0.39, 0.29) is 0 Å². The summed E-state index contributed by atoms with van der Waals surface area (Å²) in [6.45, 7) is 0.495. The number of carbonyl (C=O) groups is 1. The normalized spacial score (nSPS) is 39.4. The molecule has 16 heavy (non-hydrogen) atoms. The fraction of sp³-hybridized carbons (Fsp3) is 0.875. The minimum absolute atomic E-state index is 0.578. The maximum absolute atomic E-state index is 10.4. The molecule has 8 nitrogen and oxygen atoms in total. The van der Waals surface area contributed by atoms with Crippen molar-refractivity contribution < 1.29 is 39.7 Å². The van der Waals surface area contributed by atoms with Crippen molar-refractivity contribution in [3.05, 3.63) is 0 Å². The summed E-state index contributed by atoms with van der Waals surface area (Å²) in [5, 5.41) is 36.9. The third-order valence-corrected chi connectivity index (χ3v) is 2.11. The van der Waals surface area contributed by atoms with Gasteiger partial charge in [0.05, 0.1) is 6.61 Å². The number of hydrogen-bond acceptors (Lipinski definition) is 8. The lowest BCUT2D eigenvalue weighted by atomic mass is 9.99. The van der Waals surface area contributed by atoms with E-state index in [1.807, 2.05) is 0 Å². The van der Waals surface area contributed by atoms with Crippen molar-refractivity contribution in [3.63, 3.8) is 0 Å². The van der Waals surface area contributed by atoms with Crippen LogP contribution in [0, 0.1) is 0 Å². The van der Waals surface area contributed by atoms with Crippen LogP contribution < -0.4 is 0 Å². The summed E-state index contributed by atoms with van der Waals surface area (Å²) in [5.74, 6) is -0.767. The summed E-state index contributed by atoms with van der Waals surface area (Å²) in [5.41, 5.74) is 0. The van der Waals surface area contributed by atoms with Crippen molar-refractivity contribution in [1.82, 2.24) is 0 Å². The van der Waals surface area contributed by atoms with Crippen LogP contribution in [0.4, 0.5) is 0 Å². The maximum atomic E-state index is 10.4. The molecule has 1 aliphatic heterocycles. The van der Waals surface area contributed by atoms with Crippen molar-refractivity contribution in [3.8, 4) is 0 Å². The van der Waals surface area contributed by atoms with Gasteiger partial charge in [0.25, 0.3) is 0 Å². The first-order chi connectivity index (χ1) is 7.47. The van der Waals surface area contributed by atoms with Gasteiger partial charge >= 0.3 is 5.97 Å². The molecule has 1 saturated heterocycles. The Hall–Kier alpha value is -0.770. The van der Waals surface area contributed by atoms with E-state index < -0.39 is 43.3 Å².